The van der Waals surface area contributed by atoms with Gasteiger partial charge in [0.05, 0.1) is 5.69 Å². The van der Waals surface area contributed by atoms with Crippen molar-refractivity contribution in [2.45, 2.75) is 51.7 Å². The van der Waals surface area contributed by atoms with Crippen LogP contribution >= 0.6 is 0 Å². The van der Waals surface area contributed by atoms with Crippen LogP contribution in [-0.4, -0.2) is 23.6 Å². The summed E-state index contributed by atoms with van der Waals surface area (Å²) < 4.78 is 5.75. The summed E-state index contributed by atoms with van der Waals surface area (Å²) in [5.41, 5.74) is 1.84. The van der Waals surface area contributed by atoms with Gasteiger partial charge in [0.2, 0.25) is 0 Å². The lowest BCUT2D eigenvalue weighted by molar-refractivity contribution is -0.0166. The topological polar surface area (TPSA) is 47.0 Å². The van der Waals surface area contributed by atoms with Gasteiger partial charge in [-0.05, 0) is 45.2 Å². The monoisotopic (exact) mass is 249 g/mol. The number of aryl methyl sites for hydroxylation is 1. The first kappa shape index (κ1) is 13.4. The first-order chi connectivity index (χ1) is 8.70. The Morgan fingerprint density at radius 2 is 2.06 bits per heavy atom. The highest BCUT2D eigenvalue weighted by Gasteiger charge is 2.38. The number of aromatic nitrogens is 2. The summed E-state index contributed by atoms with van der Waals surface area (Å²) in [7, 11) is 1.78. The van der Waals surface area contributed by atoms with Gasteiger partial charge >= 0.3 is 0 Å². The molecule has 1 aromatic rings. The van der Waals surface area contributed by atoms with E-state index in [2.05, 4.69) is 17.2 Å². The molecule has 18 heavy (non-hydrogen) atoms. The van der Waals surface area contributed by atoms with E-state index in [0.29, 0.717) is 0 Å². The van der Waals surface area contributed by atoms with Crippen LogP contribution < -0.4 is 5.32 Å². The van der Waals surface area contributed by atoms with Crippen molar-refractivity contribution in [2.75, 3.05) is 13.7 Å². The number of nitrogens with zero attached hydrogens (tertiary/aromatic N) is 2. The number of hydrogen-bond donors (Lipinski definition) is 1. The van der Waals surface area contributed by atoms with Crippen molar-refractivity contribution in [2.24, 2.45) is 0 Å². The van der Waals surface area contributed by atoms with Gasteiger partial charge in [-0.1, -0.05) is 6.92 Å². The standard InChI is InChI=1S/C14H23N3O/c1-4-15-10-12-9-11(2)16-13(17-12)14(18-3)7-5-6-8-14/h9,15H,4-8,10H2,1-3H3. The molecule has 1 fully saturated rings. The Balaban J connectivity index is 2.28. The molecule has 0 spiro atoms. The molecule has 0 amide bonds. The summed E-state index contributed by atoms with van der Waals surface area (Å²) in [4.78, 5) is 9.30. The van der Waals surface area contributed by atoms with Crippen LogP contribution in [0.3, 0.4) is 0 Å². The first-order valence-corrected chi connectivity index (χ1v) is 6.81. The van der Waals surface area contributed by atoms with E-state index in [1.54, 1.807) is 7.11 Å². The quantitative estimate of drug-likeness (QED) is 0.870. The maximum Gasteiger partial charge on any atom is 0.160 e. The first-order valence-electron chi connectivity index (χ1n) is 6.81. The van der Waals surface area contributed by atoms with Gasteiger partial charge in [-0.15, -0.1) is 0 Å². The predicted molar refractivity (Wildman–Crippen MR) is 71.3 cm³/mol. The summed E-state index contributed by atoms with van der Waals surface area (Å²) in [5.74, 6) is 0.871. The Hall–Kier alpha value is -1.00. The summed E-state index contributed by atoms with van der Waals surface area (Å²) in [5, 5.41) is 3.31. The van der Waals surface area contributed by atoms with Gasteiger partial charge in [0.15, 0.2) is 5.82 Å². The third kappa shape index (κ3) is 2.70. The van der Waals surface area contributed by atoms with Crippen molar-refractivity contribution >= 4 is 0 Å². The Bertz CT molecular complexity index is 400. The normalized spacial score (nSPS) is 18.2. The van der Waals surface area contributed by atoms with E-state index < -0.39 is 0 Å². The Kier molecular flexibility index (Phi) is 4.30. The average Bonchev–Trinajstić information content (AvgIpc) is 2.85. The van der Waals surface area contributed by atoms with Crippen molar-refractivity contribution < 1.29 is 4.74 Å². The highest BCUT2D eigenvalue weighted by molar-refractivity contribution is 5.15. The van der Waals surface area contributed by atoms with Crippen LogP contribution in [0.2, 0.25) is 0 Å². The van der Waals surface area contributed by atoms with Gasteiger partial charge in [-0.2, -0.15) is 0 Å². The van der Waals surface area contributed by atoms with Gasteiger partial charge < -0.3 is 10.1 Å². The van der Waals surface area contributed by atoms with Crippen molar-refractivity contribution in [1.29, 1.82) is 0 Å². The number of methoxy groups -OCH3 is 1. The van der Waals surface area contributed by atoms with E-state index in [4.69, 9.17) is 9.72 Å². The maximum absolute atomic E-state index is 5.75. The molecular formula is C14H23N3O. The second-order valence-electron chi connectivity index (χ2n) is 5.01. The summed E-state index contributed by atoms with van der Waals surface area (Å²) >= 11 is 0. The summed E-state index contributed by atoms with van der Waals surface area (Å²) in [6.45, 7) is 5.88. The Morgan fingerprint density at radius 1 is 1.33 bits per heavy atom. The van der Waals surface area contributed by atoms with E-state index in [0.717, 1.165) is 43.1 Å². The molecule has 1 aliphatic rings. The van der Waals surface area contributed by atoms with E-state index >= 15 is 0 Å². The van der Waals surface area contributed by atoms with Gasteiger partial charge in [0, 0.05) is 19.3 Å². The van der Waals surface area contributed by atoms with Gasteiger partial charge in [0.1, 0.15) is 5.60 Å². The molecule has 0 saturated heterocycles. The lowest BCUT2D eigenvalue weighted by Crippen LogP contribution is -2.28. The molecule has 0 aromatic carbocycles. The zero-order valence-electron chi connectivity index (χ0n) is 11.6. The molecule has 0 atom stereocenters. The van der Waals surface area contributed by atoms with Crippen LogP contribution in [0.5, 0.6) is 0 Å². The molecule has 1 aromatic heterocycles. The highest BCUT2D eigenvalue weighted by atomic mass is 16.5. The fraction of sp³-hybridized carbons (Fsp3) is 0.714. The summed E-state index contributed by atoms with van der Waals surface area (Å²) in [6, 6.07) is 2.05. The van der Waals surface area contributed by atoms with Crippen molar-refractivity contribution in [3.05, 3.63) is 23.3 Å². The van der Waals surface area contributed by atoms with Gasteiger partial charge in [-0.3, -0.25) is 0 Å². The third-order valence-electron chi connectivity index (χ3n) is 3.67. The smallest absolute Gasteiger partial charge is 0.160 e. The SMILES string of the molecule is CCNCc1cc(C)nc(C2(OC)CCCC2)n1. The minimum Gasteiger partial charge on any atom is -0.370 e. The molecule has 1 N–H and O–H groups in total. The molecule has 2 rings (SSSR count). The van der Waals surface area contributed by atoms with Crippen LogP contribution in [0.1, 0.15) is 49.8 Å². The fourth-order valence-electron chi connectivity index (χ4n) is 2.65. The van der Waals surface area contributed by atoms with Gasteiger partial charge in [-0.25, -0.2) is 9.97 Å². The van der Waals surface area contributed by atoms with E-state index in [1.807, 2.05) is 13.0 Å². The molecule has 1 aliphatic carbocycles. The average molecular weight is 249 g/mol. The fourth-order valence-corrected chi connectivity index (χ4v) is 2.65. The molecule has 4 heteroatoms. The Morgan fingerprint density at radius 3 is 2.67 bits per heavy atom. The van der Waals surface area contributed by atoms with Crippen LogP contribution in [0.4, 0.5) is 0 Å². The molecule has 1 heterocycles. The molecule has 0 unspecified atom stereocenters. The number of rotatable bonds is 5. The predicted octanol–water partition coefficient (Wildman–Crippen LogP) is 2.31. The molecular weight excluding hydrogens is 226 g/mol. The third-order valence-corrected chi connectivity index (χ3v) is 3.67. The number of hydrogen-bond acceptors (Lipinski definition) is 4. The molecule has 100 valence electrons. The van der Waals surface area contributed by atoms with Crippen molar-refractivity contribution in [3.63, 3.8) is 0 Å². The minimum atomic E-state index is -0.243. The van der Waals surface area contributed by atoms with Crippen molar-refractivity contribution in [3.8, 4) is 0 Å². The zero-order valence-corrected chi connectivity index (χ0v) is 11.6. The second-order valence-corrected chi connectivity index (χ2v) is 5.01. The lowest BCUT2D eigenvalue weighted by atomic mass is 10.0. The highest BCUT2D eigenvalue weighted by Crippen LogP contribution is 2.39. The van der Waals surface area contributed by atoms with E-state index in [1.165, 1.54) is 12.8 Å². The number of ether oxygens (including phenoxy) is 1. The number of nitrogens with one attached hydrogen (secondary N) is 1. The zero-order chi connectivity index (χ0) is 13.0. The molecule has 0 aliphatic heterocycles. The molecule has 1 saturated carbocycles. The molecule has 0 radical (unpaired) electrons. The summed E-state index contributed by atoms with van der Waals surface area (Å²) in [6.07, 6.45) is 4.47. The van der Waals surface area contributed by atoms with Crippen LogP contribution in [0.15, 0.2) is 6.07 Å². The van der Waals surface area contributed by atoms with E-state index in [-0.39, 0.29) is 5.60 Å². The maximum atomic E-state index is 5.75. The van der Waals surface area contributed by atoms with E-state index in [9.17, 15) is 0 Å². The largest absolute Gasteiger partial charge is 0.370 e. The molecule has 0 bridgehead atoms. The van der Waals surface area contributed by atoms with Crippen molar-refractivity contribution in [1.82, 2.24) is 15.3 Å². The lowest BCUT2D eigenvalue weighted by Gasteiger charge is -2.26. The van der Waals surface area contributed by atoms with Crippen LogP contribution in [-0.2, 0) is 16.9 Å². The molecule has 4 nitrogen and oxygen atoms in total. The van der Waals surface area contributed by atoms with Crippen LogP contribution in [0.25, 0.3) is 0 Å². The minimum absolute atomic E-state index is 0.243. The Labute approximate surface area is 109 Å². The van der Waals surface area contributed by atoms with Gasteiger partial charge in [0.25, 0.3) is 0 Å². The van der Waals surface area contributed by atoms with Crippen LogP contribution in [0, 0.1) is 6.92 Å². The second kappa shape index (κ2) is 5.76.